The Bertz CT molecular complexity index is 639. The molecule has 0 atom stereocenters. The van der Waals surface area contributed by atoms with E-state index in [1.54, 1.807) is 11.6 Å². The van der Waals surface area contributed by atoms with Gasteiger partial charge in [-0.3, -0.25) is 15.0 Å². The van der Waals surface area contributed by atoms with Crippen LogP contribution in [-0.4, -0.2) is 48.9 Å². The van der Waals surface area contributed by atoms with Crippen LogP contribution in [0.25, 0.3) is 0 Å². The Morgan fingerprint density at radius 2 is 2.13 bits per heavy atom. The molecule has 2 heterocycles. The van der Waals surface area contributed by atoms with Gasteiger partial charge in [0, 0.05) is 7.05 Å². The molecule has 23 heavy (non-hydrogen) atoms. The lowest BCUT2D eigenvalue weighted by molar-refractivity contribution is -0.139. The van der Waals surface area contributed by atoms with Gasteiger partial charge in [0.05, 0.1) is 5.75 Å². The van der Waals surface area contributed by atoms with Gasteiger partial charge in [0.1, 0.15) is 11.9 Å². The van der Waals surface area contributed by atoms with E-state index in [4.69, 9.17) is 0 Å². The molecule has 4 amide bonds. The maximum absolute atomic E-state index is 12.5. The molecule has 0 aromatic carbocycles. The van der Waals surface area contributed by atoms with Crippen LogP contribution in [0.2, 0.25) is 0 Å². The average Bonchev–Trinajstić information content (AvgIpc) is 3.03. The third-order valence-corrected chi connectivity index (χ3v) is 5.14. The van der Waals surface area contributed by atoms with Gasteiger partial charge in [-0.1, -0.05) is 31.0 Å². The van der Waals surface area contributed by atoms with E-state index >= 15 is 0 Å². The smallest absolute Gasteiger partial charge is 0.322 e. The van der Waals surface area contributed by atoms with Gasteiger partial charge in [-0.25, -0.2) is 4.79 Å². The first-order valence-electron chi connectivity index (χ1n) is 7.45. The number of hydrazine groups is 1. The van der Waals surface area contributed by atoms with Crippen LogP contribution in [0, 0.1) is 0 Å². The molecule has 3 rings (SSSR count). The zero-order chi connectivity index (χ0) is 16.4. The molecule has 0 unspecified atom stereocenters. The summed E-state index contributed by atoms with van der Waals surface area (Å²) < 4.78 is 1.68. The number of imide groups is 1. The quantitative estimate of drug-likeness (QED) is 0.599. The molecular formula is C13H18N6O3S. The first-order valence-corrected chi connectivity index (χ1v) is 8.43. The molecule has 2 N–H and O–H groups in total. The highest BCUT2D eigenvalue weighted by atomic mass is 32.2. The molecular weight excluding hydrogens is 320 g/mol. The van der Waals surface area contributed by atoms with E-state index in [9.17, 15) is 14.4 Å². The lowest BCUT2D eigenvalue weighted by Crippen LogP contribution is -2.51. The van der Waals surface area contributed by atoms with Crippen molar-refractivity contribution in [2.24, 2.45) is 7.05 Å². The van der Waals surface area contributed by atoms with Gasteiger partial charge >= 0.3 is 6.03 Å². The van der Waals surface area contributed by atoms with E-state index in [1.165, 1.54) is 18.1 Å². The van der Waals surface area contributed by atoms with E-state index < -0.39 is 17.5 Å². The number of nitrogens with one attached hydrogen (secondary N) is 2. The topological polar surface area (TPSA) is 109 Å². The number of nitrogens with zero attached hydrogens (tertiary/aromatic N) is 4. The van der Waals surface area contributed by atoms with Gasteiger partial charge in [0.2, 0.25) is 5.91 Å². The Balaban J connectivity index is 1.59. The first-order chi connectivity index (χ1) is 11.0. The largest absolute Gasteiger partial charge is 0.344 e. The van der Waals surface area contributed by atoms with Crippen LogP contribution in [0.3, 0.4) is 0 Å². The van der Waals surface area contributed by atoms with E-state index in [1.807, 2.05) is 0 Å². The van der Waals surface area contributed by atoms with E-state index in [-0.39, 0.29) is 11.7 Å². The summed E-state index contributed by atoms with van der Waals surface area (Å²) in [5, 5.41) is 11.7. The Kier molecular flexibility index (Phi) is 4.24. The molecule has 1 aromatic heterocycles. The predicted molar refractivity (Wildman–Crippen MR) is 81.1 cm³/mol. The van der Waals surface area contributed by atoms with Crippen molar-refractivity contribution in [3.63, 3.8) is 0 Å². The average molecular weight is 338 g/mol. The molecule has 0 radical (unpaired) electrons. The number of hydrogen-bond acceptors (Lipinski definition) is 6. The maximum Gasteiger partial charge on any atom is 0.344 e. The van der Waals surface area contributed by atoms with E-state index in [0.717, 1.165) is 24.3 Å². The van der Waals surface area contributed by atoms with Crippen LogP contribution in [0.15, 0.2) is 11.5 Å². The fourth-order valence-electron chi connectivity index (χ4n) is 2.91. The van der Waals surface area contributed by atoms with Crippen LogP contribution in [0.4, 0.5) is 4.79 Å². The summed E-state index contributed by atoms with van der Waals surface area (Å²) in [5.74, 6) is -0.759. The summed E-state index contributed by atoms with van der Waals surface area (Å²) in [7, 11) is 1.77. The molecule has 1 spiro atoms. The summed E-state index contributed by atoms with van der Waals surface area (Å²) >= 11 is 1.18. The van der Waals surface area contributed by atoms with Crippen molar-refractivity contribution in [1.82, 2.24) is 30.5 Å². The summed E-state index contributed by atoms with van der Waals surface area (Å²) in [5.41, 5.74) is 1.55. The van der Waals surface area contributed by atoms with E-state index in [0.29, 0.717) is 18.0 Å². The normalized spacial score (nSPS) is 20.0. The number of thioether (sulfide) groups is 1. The molecule has 1 aliphatic carbocycles. The van der Waals surface area contributed by atoms with Crippen molar-refractivity contribution < 1.29 is 14.4 Å². The van der Waals surface area contributed by atoms with Crippen LogP contribution < -0.4 is 10.7 Å². The second-order valence-corrected chi connectivity index (χ2v) is 6.70. The van der Waals surface area contributed by atoms with Crippen LogP contribution in [0.1, 0.15) is 32.1 Å². The Hall–Kier alpha value is -2.10. The fraction of sp³-hybridized carbons (Fsp3) is 0.615. The molecule has 1 saturated heterocycles. The standard InChI is InChI=1S/C13H18N6O3S/c1-18-8-14-16-12(18)23-7-9(20)17-19-10(21)13(15-11(19)22)5-3-2-4-6-13/h8H,2-7H2,1H3,(H,15,22)(H,17,20). The van der Waals surface area contributed by atoms with Gasteiger partial charge in [0.15, 0.2) is 5.16 Å². The summed E-state index contributed by atoms with van der Waals surface area (Å²) in [6, 6.07) is -0.561. The molecule has 2 aliphatic rings. The molecule has 124 valence electrons. The van der Waals surface area contributed by atoms with Gasteiger partial charge in [-0.2, -0.15) is 5.01 Å². The van der Waals surface area contributed by atoms with E-state index in [2.05, 4.69) is 20.9 Å². The lowest BCUT2D eigenvalue weighted by Gasteiger charge is -2.30. The predicted octanol–water partition coefficient (Wildman–Crippen LogP) is 0.193. The van der Waals surface area contributed by atoms with Crippen molar-refractivity contribution >= 4 is 29.6 Å². The van der Waals surface area contributed by atoms with Crippen LogP contribution >= 0.6 is 11.8 Å². The molecule has 1 aromatic rings. The van der Waals surface area contributed by atoms with Crippen molar-refractivity contribution in [2.45, 2.75) is 42.8 Å². The molecule has 1 aliphatic heterocycles. The number of rotatable bonds is 4. The number of aromatic nitrogens is 3. The first kappa shape index (κ1) is 15.8. The molecule has 2 fully saturated rings. The highest BCUT2D eigenvalue weighted by Gasteiger charge is 2.52. The molecule has 10 heteroatoms. The minimum Gasteiger partial charge on any atom is -0.322 e. The zero-order valence-corrected chi connectivity index (χ0v) is 13.6. The van der Waals surface area contributed by atoms with Gasteiger partial charge < -0.3 is 9.88 Å². The number of urea groups is 1. The summed E-state index contributed by atoms with van der Waals surface area (Å²) in [6.07, 6.45) is 5.64. The fourth-order valence-corrected chi connectivity index (χ4v) is 3.59. The van der Waals surface area contributed by atoms with Crippen LogP contribution in [0.5, 0.6) is 0 Å². The molecule has 9 nitrogen and oxygen atoms in total. The lowest BCUT2D eigenvalue weighted by atomic mass is 9.82. The highest BCUT2D eigenvalue weighted by Crippen LogP contribution is 2.33. The number of carbonyl (C=O) groups is 3. The number of hydrogen-bond donors (Lipinski definition) is 2. The van der Waals surface area contributed by atoms with Gasteiger partial charge in [0.25, 0.3) is 5.91 Å². The third kappa shape index (κ3) is 3.03. The van der Waals surface area contributed by atoms with Gasteiger partial charge in [-0.05, 0) is 12.8 Å². The maximum atomic E-state index is 12.5. The Morgan fingerprint density at radius 1 is 1.39 bits per heavy atom. The van der Waals surface area contributed by atoms with Crippen molar-refractivity contribution in [2.75, 3.05) is 5.75 Å². The number of amides is 4. The Labute approximate surface area is 137 Å². The molecule has 1 saturated carbocycles. The summed E-state index contributed by atoms with van der Waals surface area (Å²) in [4.78, 5) is 36.5. The van der Waals surface area contributed by atoms with Gasteiger partial charge in [-0.15, -0.1) is 10.2 Å². The monoisotopic (exact) mass is 338 g/mol. The number of carbonyl (C=O) groups excluding carboxylic acids is 3. The minimum atomic E-state index is -0.834. The third-order valence-electron chi connectivity index (χ3n) is 4.11. The van der Waals surface area contributed by atoms with Crippen molar-refractivity contribution in [3.05, 3.63) is 6.33 Å². The van der Waals surface area contributed by atoms with Crippen molar-refractivity contribution in [1.29, 1.82) is 0 Å². The second-order valence-electron chi connectivity index (χ2n) is 5.76. The van der Waals surface area contributed by atoms with Crippen molar-refractivity contribution in [3.8, 4) is 0 Å². The number of aryl methyl sites for hydroxylation is 1. The summed E-state index contributed by atoms with van der Waals surface area (Å²) in [6.45, 7) is 0. The molecule has 0 bridgehead atoms. The Morgan fingerprint density at radius 3 is 2.78 bits per heavy atom. The van der Waals surface area contributed by atoms with Crippen LogP contribution in [-0.2, 0) is 16.6 Å². The zero-order valence-electron chi connectivity index (χ0n) is 12.7. The second kappa shape index (κ2) is 6.19. The SMILES string of the molecule is Cn1cnnc1SCC(=O)NN1C(=O)NC2(CCCCC2)C1=O. The minimum absolute atomic E-state index is 0.0383. The highest BCUT2D eigenvalue weighted by molar-refractivity contribution is 7.99.